The van der Waals surface area contributed by atoms with Crippen molar-refractivity contribution >= 4 is 17.0 Å². The van der Waals surface area contributed by atoms with E-state index < -0.39 is 12.1 Å². The minimum Gasteiger partial charge on any atom is -0.475 e. The van der Waals surface area contributed by atoms with Gasteiger partial charge in [0.2, 0.25) is 0 Å². The standard InChI is InChI=1S/C15H13N5O.C2HF3O2/c1-10-6-12(19-21-10)9-20-8-11(7-18-20)13-2-4-16-15-14(13)3-5-17-15;3-2(4,5)1(6)7/h2-8H,9H2,1H3,(H,16,17);(H,6,7). The van der Waals surface area contributed by atoms with Gasteiger partial charge in [0, 0.05) is 35.6 Å². The molecule has 0 spiro atoms. The van der Waals surface area contributed by atoms with Crippen molar-refractivity contribution in [3.05, 3.63) is 54.4 Å². The zero-order chi connectivity index (χ0) is 20.3. The summed E-state index contributed by atoms with van der Waals surface area (Å²) < 4.78 is 38.7. The number of aromatic nitrogens is 5. The van der Waals surface area contributed by atoms with Gasteiger partial charge in [0.05, 0.1) is 12.7 Å². The predicted octanol–water partition coefficient (Wildman–Crippen LogP) is 3.40. The van der Waals surface area contributed by atoms with Crippen molar-refractivity contribution < 1.29 is 27.6 Å². The number of alkyl halides is 3. The molecule has 0 fully saturated rings. The maximum atomic E-state index is 10.6. The molecular weight excluding hydrogens is 379 g/mol. The molecule has 0 amide bonds. The van der Waals surface area contributed by atoms with E-state index in [1.807, 2.05) is 48.4 Å². The first-order valence-corrected chi connectivity index (χ1v) is 7.91. The van der Waals surface area contributed by atoms with Crippen molar-refractivity contribution in [1.29, 1.82) is 0 Å². The molecule has 0 saturated carbocycles. The number of nitrogens with zero attached hydrogens (tertiary/aromatic N) is 4. The molecule has 4 aromatic rings. The van der Waals surface area contributed by atoms with Gasteiger partial charge in [0.1, 0.15) is 17.1 Å². The second kappa shape index (κ2) is 7.55. The lowest BCUT2D eigenvalue weighted by Gasteiger charge is -1.99. The third kappa shape index (κ3) is 4.37. The van der Waals surface area contributed by atoms with Crippen LogP contribution >= 0.6 is 0 Å². The number of carbonyl (C=O) groups is 1. The molecule has 146 valence electrons. The number of aryl methyl sites for hydroxylation is 1. The third-order valence-corrected chi connectivity index (χ3v) is 3.65. The van der Waals surface area contributed by atoms with E-state index in [2.05, 4.69) is 20.2 Å². The van der Waals surface area contributed by atoms with Gasteiger partial charge in [-0.1, -0.05) is 5.16 Å². The van der Waals surface area contributed by atoms with Crippen LogP contribution in [0.4, 0.5) is 13.2 Å². The summed E-state index contributed by atoms with van der Waals surface area (Å²) in [6, 6.07) is 5.94. The number of carboxylic acid groups (broad SMARTS) is 1. The lowest BCUT2D eigenvalue weighted by Crippen LogP contribution is -2.21. The Morgan fingerprint density at radius 1 is 1.36 bits per heavy atom. The number of halogens is 3. The first-order valence-electron chi connectivity index (χ1n) is 7.91. The molecule has 8 nitrogen and oxygen atoms in total. The molecule has 4 rings (SSSR count). The normalized spacial score (nSPS) is 11.3. The summed E-state index contributed by atoms with van der Waals surface area (Å²) >= 11 is 0. The van der Waals surface area contributed by atoms with E-state index in [1.54, 1.807) is 6.20 Å². The topological polar surface area (TPSA) is 110 Å². The molecular formula is C17H14F3N5O3. The lowest BCUT2D eigenvalue weighted by atomic mass is 10.1. The summed E-state index contributed by atoms with van der Waals surface area (Å²) in [5.74, 6) is -1.95. The highest BCUT2D eigenvalue weighted by Crippen LogP contribution is 2.26. The van der Waals surface area contributed by atoms with E-state index >= 15 is 0 Å². The molecule has 0 bridgehead atoms. The van der Waals surface area contributed by atoms with Gasteiger partial charge in [0.15, 0.2) is 0 Å². The largest absolute Gasteiger partial charge is 0.490 e. The van der Waals surface area contributed by atoms with Gasteiger partial charge in [-0.25, -0.2) is 9.78 Å². The summed E-state index contributed by atoms with van der Waals surface area (Å²) in [5.41, 5.74) is 3.92. The number of pyridine rings is 1. The van der Waals surface area contributed by atoms with E-state index in [9.17, 15) is 13.2 Å². The van der Waals surface area contributed by atoms with Crippen LogP contribution in [-0.2, 0) is 11.3 Å². The van der Waals surface area contributed by atoms with Crippen LogP contribution in [0.25, 0.3) is 22.2 Å². The van der Waals surface area contributed by atoms with Crippen LogP contribution in [0.15, 0.2) is 47.5 Å². The molecule has 0 aromatic carbocycles. The van der Waals surface area contributed by atoms with Crippen LogP contribution in [0.5, 0.6) is 0 Å². The van der Waals surface area contributed by atoms with Gasteiger partial charge in [0.25, 0.3) is 0 Å². The van der Waals surface area contributed by atoms with E-state index in [-0.39, 0.29) is 0 Å². The quantitative estimate of drug-likeness (QED) is 0.552. The van der Waals surface area contributed by atoms with Gasteiger partial charge in [-0.15, -0.1) is 0 Å². The molecule has 0 saturated heterocycles. The number of hydrogen-bond donors (Lipinski definition) is 2. The van der Waals surface area contributed by atoms with Crippen LogP contribution in [0.2, 0.25) is 0 Å². The molecule has 0 aliphatic rings. The fourth-order valence-corrected chi connectivity index (χ4v) is 2.46. The average molecular weight is 393 g/mol. The van der Waals surface area contributed by atoms with Gasteiger partial charge >= 0.3 is 12.1 Å². The Morgan fingerprint density at radius 3 is 2.75 bits per heavy atom. The van der Waals surface area contributed by atoms with Crippen LogP contribution in [0.1, 0.15) is 11.5 Å². The van der Waals surface area contributed by atoms with Crippen molar-refractivity contribution in [1.82, 2.24) is 24.9 Å². The fraction of sp³-hybridized carbons (Fsp3) is 0.176. The average Bonchev–Trinajstić information content (AvgIpc) is 3.35. The Balaban J connectivity index is 0.000000279. The summed E-state index contributed by atoms with van der Waals surface area (Å²) in [5, 5.41) is 16.6. The Kier molecular flexibility index (Phi) is 5.16. The molecule has 0 aliphatic carbocycles. The minimum atomic E-state index is -5.08. The molecule has 11 heteroatoms. The van der Waals surface area contributed by atoms with Gasteiger partial charge < -0.3 is 14.6 Å². The zero-order valence-electron chi connectivity index (χ0n) is 14.4. The molecule has 2 N–H and O–H groups in total. The van der Waals surface area contributed by atoms with Crippen molar-refractivity contribution in [2.45, 2.75) is 19.6 Å². The Bertz CT molecular complexity index is 1100. The van der Waals surface area contributed by atoms with Crippen LogP contribution in [0.3, 0.4) is 0 Å². The van der Waals surface area contributed by atoms with Crippen molar-refractivity contribution in [2.24, 2.45) is 0 Å². The highest BCUT2D eigenvalue weighted by Gasteiger charge is 2.38. The molecule has 0 radical (unpaired) electrons. The van der Waals surface area contributed by atoms with Gasteiger partial charge in [-0.2, -0.15) is 18.3 Å². The van der Waals surface area contributed by atoms with E-state index in [0.717, 1.165) is 33.6 Å². The second-order valence-electron chi connectivity index (χ2n) is 5.76. The number of aromatic amines is 1. The number of aliphatic carboxylic acids is 1. The summed E-state index contributed by atoms with van der Waals surface area (Å²) in [4.78, 5) is 16.3. The van der Waals surface area contributed by atoms with Gasteiger partial charge in [-0.3, -0.25) is 4.68 Å². The summed E-state index contributed by atoms with van der Waals surface area (Å²) in [6.07, 6.45) is 2.47. The fourth-order valence-electron chi connectivity index (χ4n) is 2.46. The SMILES string of the molecule is Cc1cc(Cn2cc(-c3ccnc4[nH]ccc34)cn2)no1.O=C(O)C(F)(F)F. The van der Waals surface area contributed by atoms with Crippen molar-refractivity contribution in [2.75, 3.05) is 0 Å². The van der Waals surface area contributed by atoms with Crippen molar-refractivity contribution in [3.8, 4) is 11.1 Å². The predicted molar refractivity (Wildman–Crippen MR) is 91.3 cm³/mol. The number of nitrogens with one attached hydrogen (secondary N) is 1. The Hall–Kier alpha value is -3.63. The first kappa shape index (κ1) is 19.1. The Morgan fingerprint density at radius 2 is 2.11 bits per heavy atom. The maximum Gasteiger partial charge on any atom is 0.490 e. The summed E-state index contributed by atoms with van der Waals surface area (Å²) in [6.45, 7) is 2.48. The number of rotatable bonds is 3. The highest BCUT2D eigenvalue weighted by atomic mass is 19.4. The van der Waals surface area contributed by atoms with E-state index in [1.165, 1.54) is 0 Å². The lowest BCUT2D eigenvalue weighted by molar-refractivity contribution is -0.192. The molecule has 0 atom stereocenters. The monoisotopic (exact) mass is 393 g/mol. The number of fused-ring (bicyclic) bond motifs is 1. The first-order chi connectivity index (χ1) is 13.2. The maximum absolute atomic E-state index is 10.6. The highest BCUT2D eigenvalue weighted by molar-refractivity contribution is 5.92. The molecule has 0 unspecified atom stereocenters. The molecule has 28 heavy (non-hydrogen) atoms. The van der Waals surface area contributed by atoms with Gasteiger partial charge in [-0.05, 0) is 24.6 Å². The molecule has 4 aromatic heterocycles. The minimum absolute atomic E-state index is 0.596. The van der Waals surface area contributed by atoms with Crippen LogP contribution in [0, 0.1) is 6.92 Å². The number of carboxylic acids is 1. The Labute approximate surface area is 155 Å². The number of H-pyrrole nitrogens is 1. The van der Waals surface area contributed by atoms with E-state index in [0.29, 0.717) is 6.54 Å². The third-order valence-electron chi connectivity index (χ3n) is 3.65. The zero-order valence-corrected chi connectivity index (χ0v) is 14.4. The van der Waals surface area contributed by atoms with Crippen LogP contribution < -0.4 is 0 Å². The van der Waals surface area contributed by atoms with E-state index in [4.69, 9.17) is 14.4 Å². The smallest absolute Gasteiger partial charge is 0.475 e. The van der Waals surface area contributed by atoms with Crippen LogP contribution in [-0.4, -0.2) is 42.2 Å². The summed E-state index contributed by atoms with van der Waals surface area (Å²) in [7, 11) is 0. The number of hydrogen-bond acceptors (Lipinski definition) is 5. The second-order valence-corrected chi connectivity index (χ2v) is 5.76. The van der Waals surface area contributed by atoms with Crippen molar-refractivity contribution in [3.63, 3.8) is 0 Å². The molecule has 4 heterocycles. The molecule has 0 aliphatic heterocycles.